The second-order valence-corrected chi connectivity index (χ2v) is 13.6. The Hall–Kier alpha value is -3.92. The molecule has 2 fully saturated rings. The van der Waals surface area contributed by atoms with Gasteiger partial charge in [-0.3, -0.25) is 14.4 Å². The number of amides is 3. The van der Waals surface area contributed by atoms with Crippen LogP contribution in [0.1, 0.15) is 49.7 Å². The molecule has 11 nitrogen and oxygen atoms in total. The Bertz CT molecular complexity index is 1700. The van der Waals surface area contributed by atoms with E-state index in [0.29, 0.717) is 25.1 Å². The first kappa shape index (κ1) is 30.5. The van der Waals surface area contributed by atoms with E-state index < -0.39 is 28.0 Å². The number of fused-ring (bicyclic) bond motifs is 3. The molecule has 43 heavy (non-hydrogen) atoms. The molecule has 2 saturated heterocycles. The van der Waals surface area contributed by atoms with Crippen molar-refractivity contribution in [1.29, 1.82) is 5.26 Å². The number of nitriles is 1. The lowest BCUT2D eigenvalue weighted by atomic mass is 10.0. The summed E-state index contributed by atoms with van der Waals surface area (Å²) in [6, 6.07) is 12.7. The maximum Gasteiger partial charge on any atom is 0.268 e. The number of sulfonamides is 1. The fourth-order valence-corrected chi connectivity index (χ4v) is 7.66. The van der Waals surface area contributed by atoms with Crippen LogP contribution in [0.25, 0.3) is 10.9 Å². The molecule has 3 N–H and O–H groups in total. The second kappa shape index (κ2) is 12.0. The van der Waals surface area contributed by atoms with Gasteiger partial charge in [0.05, 0.1) is 34.8 Å². The number of carbonyl (C=O) groups is 3. The van der Waals surface area contributed by atoms with Crippen LogP contribution >= 0.6 is 11.6 Å². The third-order valence-corrected chi connectivity index (χ3v) is 9.97. The monoisotopic (exact) mass is 624 g/mol. The number of piperazine rings is 1. The summed E-state index contributed by atoms with van der Waals surface area (Å²) < 4.78 is 28.3. The standard InChI is InChI=1S/C30H33ClN6O5S/c1-17(2)10-26(34-28(38)25-12-20-6-4-5-7-24(20)33-25)30(40)37-16-21-13-22(37)15-36(21)29(39)18(3)35-43(41,42)27-9-8-19(14-32)11-23(27)31/h4-9,11-12,17-18,21-22,26,33,35H,10,13,15-16H2,1-3H3,(H,34,38)/t18-,21-,22-,26-/m0/s1. The van der Waals surface area contributed by atoms with Crippen LogP contribution in [0.5, 0.6) is 0 Å². The summed E-state index contributed by atoms with van der Waals surface area (Å²) in [6.45, 7) is 6.00. The molecule has 0 saturated carbocycles. The zero-order valence-electron chi connectivity index (χ0n) is 24.0. The number of hydrogen-bond donors (Lipinski definition) is 3. The van der Waals surface area contributed by atoms with Crippen LogP contribution in [-0.4, -0.2) is 78.2 Å². The molecule has 226 valence electrons. The zero-order chi connectivity index (χ0) is 31.1. The van der Waals surface area contributed by atoms with Gasteiger partial charge in [0.25, 0.3) is 5.91 Å². The predicted octanol–water partition coefficient (Wildman–Crippen LogP) is 3.02. The Labute approximate surface area is 255 Å². The number of carbonyl (C=O) groups excluding carboxylic acids is 3. The normalized spacial score (nSPS) is 19.4. The van der Waals surface area contributed by atoms with Crippen molar-refractivity contribution in [3.05, 3.63) is 64.8 Å². The predicted molar refractivity (Wildman–Crippen MR) is 161 cm³/mol. The maximum absolute atomic E-state index is 13.7. The van der Waals surface area contributed by atoms with E-state index in [0.717, 1.165) is 10.9 Å². The van der Waals surface area contributed by atoms with E-state index in [1.807, 2.05) is 44.2 Å². The lowest BCUT2D eigenvalue weighted by molar-refractivity contribution is -0.141. The van der Waals surface area contributed by atoms with Crippen molar-refractivity contribution in [3.63, 3.8) is 0 Å². The van der Waals surface area contributed by atoms with Crippen LogP contribution in [0.3, 0.4) is 0 Å². The Kier molecular flexibility index (Phi) is 8.51. The summed E-state index contributed by atoms with van der Waals surface area (Å²) in [5.41, 5.74) is 1.42. The molecule has 0 radical (unpaired) electrons. The second-order valence-electron chi connectivity index (χ2n) is 11.6. The molecular weight excluding hydrogens is 592 g/mol. The van der Waals surface area contributed by atoms with Crippen LogP contribution in [-0.2, 0) is 19.6 Å². The van der Waals surface area contributed by atoms with Gasteiger partial charge < -0.3 is 20.1 Å². The molecule has 0 unspecified atom stereocenters. The van der Waals surface area contributed by atoms with Gasteiger partial charge in [-0.05, 0) is 56.0 Å². The van der Waals surface area contributed by atoms with Gasteiger partial charge >= 0.3 is 0 Å². The summed E-state index contributed by atoms with van der Waals surface area (Å²) in [4.78, 5) is 46.4. The Morgan fingerprint density at radius 1 is 1.05 bits per heavy atom. The lowest BCUT2D eigenvalue weighted by Crippen LogP contribution is -2.58. The van der Waals surface area contributed by atoms with Crippen molar-refractivity contribution < 1.29 is 22.8 Å². The van der Waals surface area contributed by atoms with Gasteiger partial charge in [-0.25, -0.2) is 8.42 Å². The van der Waals surface area contributed by atoms with Gasteiger partial charge in [0.2, 0.25) is 21.8 Å². The number of halogens is 1. The number of para-hydroxylation sites is 1. The van der Waals surface area contributed by atoms with E-state index in [1.165, 1.54) is 25.1 Å². The highest BCUT2D eigenvalue weighted by atomic mass is 35.5. The molecule has 2 aliphatic rings. The summed E-state index contributed by atoms with van der Waals surface area (Å²) >= 11 is 6.09. The van der Waals surface area contributed by atoms with Gasteiger partial charge in [0.1, 0.15) is 16.6 Å². The molecule has 5 rings (SSSR count). The van der Waals surface area contributed by atoms with Gasteiger partial charge in [-0.2, -0.15) is 9.98 Å². The fourth-order valence-electron chi connectivity index (χ4n) is 5.92. The third-order valence-electron chi connectivity index (χ3n) is 7.94. The number of nitrogens with one attached hydrogen (secondary N) is 3. The van der Waals surface area contributed by atoms with Crippen molar-refractivity contribution in [1.82, 2.24) is 24.8 Å². The van der Waals surface area contributed by atoms with Gasteiger partial charge in [0, 0.05) is 24.0 Å². The van der Waals surface area contributed by atoms with E-state index in [1.54, 1.807) is 15.9 Å². The minimum Gasteiger partial charge on any atom is -0.351 e. The average Bonchev–Trinajstić information content (AvgIpc) is 3.69. The number of likely N-dealkylation sites (tertiary alicyclic amines) is 2. The molecule has 3 aromatic rings. The first-order valence-electron chi connectivity index (χ1n) is 14.1. The molecule has 0 spiro atoms. The van der Waals surface area contributed by atoms with E-state index in [2.05, 4.69) is 15.0 Å². The van der Waals surface area contributed by atoms with Crippen molar-refractivity contribution in [2.45, 2.75) is 62.7 Å². The molecule has 0 aliphatic carbocycles. The Morgan fingerprint density at radius 3 is 2.33 bits per heavy atom. The van der Waals surface area contributed by atoms with E-state index in [4.69, 9.17) is 16.9 Å². The van der Waals surface area contributed by atoms with E-state index >= 15 is 0 Å². The third kappa shape index (κ3) is 6.25. The SMILES string of the molecule is CC(C)C[C@H](NC(=O)c1cc2ccccc2[nH]1)C(=O)N1C[C@@H]2C[C@H]1CN2C(=O)[C@H](C)NS(=O)(=O)c1ccc(C#N)cc1Cl. The number of H-pyrrole nitrogens is 1. The molecule has 3 heterocycles. The number of aromatic nitrogens is 1. The van der Waals surface area contributed by atoms with Crippen LogP contribution in [0.2, 0.25) is 5.02 Å². The molecule has 2 aromatic carbocycles. The number of rotatable bonds is 9. The van der Waals surface area contributed by atoms with Gasteiger partial charge in [-0.15, -0.1) is 0 Å². The maximum atomic E-state index is 13.7. The van der Waals surface area contributed by atoms with E-state index in [-0.39, 0.29) is 51.8 Å². The summed E-state index contributed by atoms with van der Waals surface area (Å²) in [6.07, 6.45) is 1.03. The van der Waals surface area contributed by atoms with Crippen molar-refractivity contribution >= 4 is 50.2 Å². The van der Waals surface area contributed by atoms with Crippen LogP contribution < -0.4 is 10.0 Å². The molecular formula is C30H33ClN6O5S. The van der Waals surface area contributed by atoms with Crippen molar-refractivity contribution in [2.75, 3.05) is 13.1 Å². The lowest BCUT2D eigenvalue weighted by Gasteiger charge is -2.37. The first-order chi connectivity index (χ1) is 20.4. The minimum absolute atomic E-state index is 0.117. The summed E-state index contributed by atoms with van der Waals surface area (Å²) in [5, 5.41) is 12.7. The van der Waals surface area contributed by atoms with Crippen LogP contribution in [0.4, 0.5) is 0 Å². The number of nitrogens with zero attached hydrogens (tertiary/aromatic N) is 3. The smallest absolute Gasteiger partial charge is 0.268 e. The van der Waals surface area contributed by atoms with E-state index in [9.17, 15) is 22.8 Å². The molecule has 2 aliphatic heterocycles. The van der Waals surface area contributed by atoms with Crippen molar-refractivity contribution in [3.8, 4) is 6.07 Å². The highest BCUT2D eigenvalue weighted by molar-refractivity contribution is 7.89. The molecule has 13 heteroatoms. The highest BCUT2D eigenvalue weighted by Gasteiger charge is 2.49. The molecule has 2 bridgehead atoms. The molecule has 1 aromatic heterocycles. The number of benzene rings is 2. The van der Waals surface area contributed by atoms with Gasteiger partial charge in [-0.1, -0.05) is 43.6 Å². The highest BCUT2D eigenvalue weighted by Crippen LogP contribution is 2.32. The largest absolute Gasteiger partial charge is 0.351 e. The first-order valence-corrected chi connectivity index (χ1v) is 16.0. The zero-order valence-corrected chi connectivity index (χ0v) is 25.6. The number of hydrogen-bond acceptors (Lipinski definition) is 6. The topological polar surface area (TPSA) is 155 Å². The number of aromatic amines is 1. The van der Waals surface area contributed by atoms with Crippen LogP contribution in [0, 0.1) is 17.2 Å². The molecule has 4 atom stereocenters. The quantitative estimate of drug-likeness (QED) is 0.332. The average molecular weight is 625 g/mol. The molecule has 3 amide bonds. The van der Waals surface area contributed by atoms with Gasteiger partial charge in [0.15, 0.2) is 0 Å². The Balaban J connectivity index is 1.23. The summed E-state index contributed by atoms with van der Waals surface area (Å²) in [7, 11) is -4.14. The van der Waals surface area contributed by atoms with Crippen molar-refractivity contribution in [2.24, 2.45) is 5.92 Å². The van der Waals surface area contributed by atoms with Crippen LogP contribution in [0.15, 0.2) is 53.4 Å². The fraction of sp³-hybridized carbons (Fsp3) is 0.400. The Morgan fingerprint density at radius 2 is 1.72 bits per heavy atom. The summed E-state index contributed by atoms with van der Waals surface area (Å²) in [5.74, 6) is -0.811. The minimum atomic E-state index is -4.14.